The molecule has 14 heavy (non-hydrogen) atoms. The van der Waals surface area contributed by atoms with Gasteiger partial charge in [-0.2, -0.15) is 0 Å². The van der Waals surface area contributed by atoms with Crippen LogP contribution < -0.4 is 11.5 Å². The lowest BCUT2D eigenvalue weighted by molar-refractivity contribution is 0.0963. The molecule has 0 aliphatic carbocycles. The first-order valence-electron chi connectivity index (χ1n) is 4.09. The second-order valence-electron chi connectivity index (χ2n) is 2.84. The highest BCUT2D eigenvalue weighted by atomic mass is 16.1. The van der Waals surface area contributed by atoms with Crippen LogP contribution in [0.2, 0.25) is 0 Å². The number of nitrogens with two attached hydrogens (primary N) is 2. The van der Waals surface area contributed by atoms with E-state index in [1.54, 1.807) is 6.07 Å². The highest BCUT2D eigenvalue weighted by Gasteiger charge is 2.16. The quantitative estimate of drug-likeness (QED) is 0.525. The van der Waals surface area contributed by atoms with Gasteiger partial charge in [0, 0.05) is 24.5 Å². The van der Waals surface area contributed by atoms with E-state index in [4.69, 9.17) is 17.9 Å². The molecule has 1 rings (SSSR count). The van der Waals surface area contributed by atoms with Crippen molar-refractivity contribution in [2.24, 2.45) is 5.73 Å². The van der Waals surface area contributed by atoms with Gasteiger partial charge >= 0.3 is 0 Å². The fourth-order valence-corrected chi connectivity index (χ4v) is 1.03. The van der Waals surface area contributed by atoms with Gasteiger partial charge in [-0.15, -0.1) is 12.3 Å². The number of Topliss-reactive ketones (excluding diaryl/α,β-unsaturated/α-hetero) is 1. The maximum absolute atomic E-state index is 11.6. The first-order chi connectivity index (χ1) is 6.66. The minimum atomic E-state index is -0.702. The Balaban J connectivity index is 2.91. The van der Waals surface area contributed by atoms with Crippen molar-refractivity contribution in [3.05, 3.63) is 24.0 Å². The van der Waals surface area contributed by atoms with Gasteiger partial charge in [0.2, 0.25) is 0 Å². The summed E-state index contributed by atoms with van der Waals surface area (Å²) in [6.07, 6.45) is 8.17. The summed E-state index contributed by atoms with van der Waals surface area (Å²) >= 11 is 0. The Morgan fingerprint density at radius 1 is 1.71 bits per heavy atom. The number of nitrogen functional groups attached to an aromatic ring is 1. The zero-order valence-electron chi connectivity index (χ0n) is 7.60. The molecular formula is C10H11N3O. The van der Waals surface area contributed by atoms with E-state index >= 15 is 0 Å². The fraction of sp³-hybridized carbons (Fsp3) is 0.200. The topological polar surface area (TPSA) is 82.0 Å². The van der Waals surface area contributed by atoms with E-state index in [0.717, 1.165) is 0 Å². The van der Waals surface area contributed by atoms with Gasteiger partial charge in [-0.05, 0) is 6.07 Å². The summed E-state index contributed by atoms with van der Waals surface area (Å²) in [6.45, 7) is 0. The Hall–Kier alpha value is -1.86. The molecule has 0 spiro atoms. The number of pyridine rings is 1. The predicted octanol–water partition coefficient (Wildman–Crippen LogP) is 0.197. The van der Waals surface area contributed by atoms with Crippen LogP contribution in [0.25, 0.3) is 0 Å². The maximum atomic E-state index is 11.6. The van der Waals surface area contributed by atoms with Crippen LogP contribution >= 0.6 is 0 Å². The van der Waals surface area contributed by atoms with Gasteiger partial charge in [-0.25, -0.2) is 0 Å². The number of hydrogen-bond donors (Lipinski definition) is 2. The molecule has 0 aromatic carbocycles. The normalized spacial score (nSPS) is 11.7. The summed E-state index contributed by atoms with van der Waals surface area (Å²) in [5.74, 6) is 2.06. The highest BCUT2D eigenvalue weighted by molar-refractivity contribution is 6.03. The van der Waals surface area contributed by atoms with Crippen molar-refractivity contribution in [1.82, 2.24) is 4.98 Å². The molecule has 1 atom stereocenters. The molecule has 0 radical (unpaired) electrons. The highest BCUT2D eigenvalue weighted by Crippen LogP contribution is 2.11. The lowest BCUT2D eigenvalue weighted by Crippen LogP contribution is -2.30. The molecule has 0 amide bonds. The molecule has 0 bridgehead atoms. The van der Waals surface area contributed by atoms with Crippen LogP contribution in [0.1, 0.15) is 16.8 Å². The molecule has 0 aliphatic rings. The Labute approximate surface area is 82.3 Å². The number of hydrogen-bond acceptors (Lipinski definition) is 4. The average Bonchev–Trinajstić information content (AvgIpc) is 2.18. The Morgan fingerprint density at radius 3 is 3.00 bits per heavy atom. The minimum absolute atomic E-state index is 0.202. The molecule has 1 heterocycles. The van der Waals surface area contributed by atoms with Gasteiger partial charge in [0.1, 0.15) is 0 Å². The van der Waals surface area contributed by atoms with Gasteiger partial charge in [-0.1, -0.05) is 0 Å². The average molecular weight is 189 g/mol. The Kier molecular flexibility index (Phi) is 3.21. The lowest BCUT2D eigenvalue weighted by atomic mass is 10.0. The van der Waals surface area contributed by atoms with Crippen molar-refractivity contribution < 1.29 is 4.79 Å². The van der Waals surface area contributed by atoms with Crippen LogP contribution in [0.15, 0.2) is 18.5 Å². The zero-order chi connectivity index (χ0) is 10.6. The minimum Gasteiger partial charge on any atom is -0.398 e. The number of anilines is 1. The molecule has 0 saturated heterocycles. The van der Waals surface area contributed by atoms with Crippen molar-refractivity contribution in [1.29, 1.82) is 0 Å². The van der Waals surface area contributed by atoms with Gasteiger partial charge < -0.3 is 11.5 Å². The van der Waals surface area contributed by atoms with E-state index < -0.39 is 6.04 Å². The van der Waals surface area contributed by atoms with E-state index in [2.05, 4.69) is 10.9 Å². The summed E-state index contributed by atoms with van der Waals surface area (Å²) in [6, 6.07) is 0.849. The van der Waals surface area contributed by atoms with Crippen molar-refractivity contribution in [2.45, 2.75) is 12.5 Å². The third kappa shape index (κ3) is 2.09. The first-order valence-corrected chi connectivity index (χ1v) is 4.09. The van der Waals surface area contributed by atoms with E-state index in [1.807, 2.05) is 0 Å². The number of ketones is 1. The molecule has 1 unspecified atom stereocenters. The predicted molar refractivity (Wildman–Crippen MR) is 54.4 cm³/mol. The third-order valence-corrected chi connectivity index (χ3v) is 1.79. The standard InChI is InChI=1S/C10H11N3O/c1-2-3-9(12)10(14)7-6-13-5-4-8(7)11/h1,4-6,9H,3,12H2,(H2,11,13). The lowest BCUT2D eigenvalue weighted by Gasteiger charge is -2.08. The molecule has 72 valence electrons. The smallest absolute Gasteiger partial charge is 0.184 e. The largest absolute Gasteiger partial charge is 0.398 e. The van der Waals surface area contributed by atoms with Crippen molar-refractivity contribution in [3.8, 4) is 12.3 Å². The molecule has 1 aromatic rings. The number of carbonyl (C=O) groups is 1. The molecule has 4 N–H and O–H groups in total. The number of carbonyl (C=O) groups excluding carboxylic acids is 1. The van der Waals surface area contributed by atoms with E-state index in [-0.39, 0.29) is 12.2 Å². The van der Waals surface area contributed by atoms with Crippen LogP contribution in [0, 0.1) is 12.3 Å². The summed E-state index contributed by atoms with van der Waals surface area (Å²) in [5.41, 5.74) is 11.8. The number of terminal acetylenes is 1. The zero-order valence-corrected chi connectivity index (χ0v) is 7.60. The van der Waals surface area contributed by atoms with Crippen molar-refractivity contribution in [3.63, 3.8) is 0 Å². The van der Waals surface area contributed by atoms with E-state index in [1.165, 1.54) is 12.4 Å². The third-order valence-electron chi connectivity index (χ3n) is 1.79. The van der Waals surface area contributed by atoms with Gasteiger partial charge in [-0.3, -0.25) is 9.78 Å². The molecule has 0 saturated carbocycles. The van der Waals surface area contributed by atoms with Gasteiger partial charge in [0.05, 0.1) is 11.6 Å². The first kappa shape index (κ1) is 10.2. The van der Waals surface area contributed by atoms with Gasteiger partial charge in [0.15, 0.2) is 5.78 Å². The molecule has 4 heteroatoms. The SMILES string of the molecule is C#CCC(N)C(=O)c1cnccc1N. The molecule has 4 nitrogen and oxygen atoms in total. The number of rotatable bonds is 3. The fourth-order valence-electron chi connectivity index (χ4n) is 1.03. The summed E-state index contributed by atoms with van der Waals surface area (Å²) in [5, 5.41) is 0. The van der Waals surface area contributed by atoms with Crippen LogP contribution in [0.5, 0.6) is 0 Å². The number of aromatic nitrogens is 1. The summed E-state index contributed by atoms with van der Waals surface area (Å²) in [4.78, 5) is 15.4. The van der Waals surface area contributed by atoms with Gasteiger partial charge in [0.25, 0.3) is 0 Å². The Bertz CT molecular complexity index is 381. The monoisotopic (exact) mass is 189 g/mol. The maximum Gasteiger partial charge on any atom is 0.184 e. The summed E-state index contributed by atoms with van der Waals surface area (Å²) in [7, 11) is 0. The van der Waals surface area contributed by atoms with Crippen LogP contribution in [0.3, 0.4) is 0 Å². The summed E-state index contributed by atoms with van der Waals surface area (Å²) < 4.78 is 0. The van der Waals surface area contributed by atoms with Crippen LogP contribution in [-0.2, 0) is 0 Å². The molecule has 0 fully saturated rings. The second kappa shape index (κ2) is 4.40. The molecule has 0 aliphatic heterocycles. The Morgan fingerprint density at radius 2 is 2.43 bits per heavy atom. The van der Waals surface area contributed by atoms with Crippen LogP contribution in [0.4, 0.5) is 5.69 Å². The number of nitrogens with zero attached hydrogens (tertiary/aromatic N) is 1. The molecule has 1 aromatic heterocycles. The van der Waals surface area contributed by atoms with E-state index in [9.17, 15) is 4.79 Å². The van der Waals surface area contributed by atoms with Crippen LogP contribution in [-0.4, -0.2) is 16.8 Å². The molecular weight excluding hydrogens is 178 g/mol. The van der Waals surface area contributed by atoms with E-state index in [0.29, 0.717) is 11.3 Å². The second-order valence-corrected chi connectivity index (χ2v) is 2.84. The van der Waals surface area contributed by atoms with Crippen molar-refractivity contribution in [2.75, 3.05) is 5.73 Å². The van der Waals surface area contributed by atoms with Crippen molar-refractivity contribution >= 4 is 11.5 Å².